The van der Waals surface area contributed by atoms with Crippen LogP contribution in [0.4, 0.5) is 5.69 Å². The summed E-state index contributed by atoms with van der Waals surface area (Å²) in [4.78, 5) is 12.2. The number of nitrogens with one attached hydrogen (secondary N) is 1. The van der Waals surface area contributed by atoms with Crippen LogP contribution in [0.3, 0.4) is 0 Å². The first-order chi connectivity index (χ1) is 10.4. The Hall–Kier alpha value is -2.30. The second-order valence-electron chi connectivity index (χ2n) is 5.69. The van der Waals surface area contributed by atoms with Gasteiger partial charge in [0.05, 0.1) is 18.2 Å². The molecule has 0 aliphatic carbocycles. The van der Waals surface area contributed by atoms with Gasteiger partial charge in [-0.3, -0.25) is 9.48 Å². The molecule has 2 rings (SSSR count). The van der Waals surface area contributed by atoms with E-state index in [-0.39, 0.29) is 12.0 Å². The molecule has 0 unspecified atom stereocenters. The molecular weight excluding hydrogens is 278 g/mol. The third kappa shape index (κ3) is 3.87. The number of hydrogen-bond donors (Lipinski definition) is 1. The molecule has 1 amide bonds. The molecule has 0 spiro atoms. The van der Waals surface area contributed by atoms with Crippen LogP contribution in [-0.2, 0) is 18.3 Å². The van der Waals surface area contributed by atoms with Gasteiger partial charge in [-0.1, -0.05) is 0 Å². The van der Waals surface area contributed by atoms with Crippen LogP contribution in [0.15, 0.2) is 24.3 Å². The maximum atomic E-state index is 12.2. The van der Waals surface area contributed by atoms with Gasteiger partial charge in [0, 0.05) is 24.0 Å². The van der Waals surface area contributed by atoms with E-state index in [4.69, 9.17) is 4.74 Å². The summed E-state index contributed by atoms with van der Waals surface area (Å²) in [5.74, 6) is 0.753. The molecule has 5 heteroatoms. The lowest BCUT2D eigenvalue weighted by molar-refractivity contribution is -0.115. The number of benzene rings is 1. The van der Waals surface area contributed by atoms with E-state index in [1.54, 1.807) is 4.68 Å². The Morgan fingerprint density at radius 3 is 2.41 bits per heavy atom. The molecule has 0 saturated heterocycles. The monoisotopic (exact) mass is 301 g/mol. The van der Waals surface area contributed by atoms with Crippen LogP contribution in [0.1, 0.15) is 30.8 Å². The number of rotatable bonds is 5. The Labute approximate surface area is 131 Å². The molecule has 0 saturated carbocycles. The Morgan fingerprint density at radius 1 is 1.27 bits per heavy atom. The first-order valence-electron chi connectivity index (χ1n) is 7.42. The average molecular weight is 301 g/mol. The molecule has 0 fully saturated rings. The van der Waals surface area contributed by atoms with Crippen molar-refractivity contribution >= 4 is 11.6 Å². The molecule has 0 aliphatic heterocycles. The Morgan fingerprint density at radius 2 is 1.91 bits per heavy atom. The standard InChI is InChI=1S/C17H23N3O2/c1-11(2)22-15-8-6-14(7-9-15)18-17(21)10-16-12(3)19-20(5)13(16)4/h6-9,11H,10H2,1-5H3,(H,18,21). The van der Waals surface area contributed by atoms with Gasteiger partial charge < -0.3 is 10.1 Å². The molecule has 0 radical (unpaired) electrons. The van der Waals surface area contributed by atoms with Crippen LogP contribution in [-0.4, -0.2) is 21.8 Å². The van der Waals surface area contributed by atoms with Gasteiger partial charge in [-0.25, -0.2) is 0 Å². The minimum absolute atomic E-state index is 0.0447. The van der Waals surface area contributed by atoms with Gasteiger partial charge in [0.1, 0.15) is 5.75 Å². The number of carbonyl (C=O) groups excluding carboxylic acids is 1. The third-order valence-electron chi connectivity index (χ3n) is 3.51. The third-order valence-corrected chi connectivity index (χ3v) is 3.51. The van der Waals surface area contributed by atoms with E-state index >= 15 is 0 Å². The van der Waals surface area contributed by atoms with Crippen LogP contribution in [0.2, 0.25) is 0 Å². The largest absolute Gasteiger partial charge is 0.491 e. The van der Waals surface area contributed by atoms with Gasteiger partial charge in [0.25, 0.3) is 0 Å². The number of carbonyl (C=O) groups is 1. The van der Waals surface area contributed by atoms with E-state index < -0.39 is 0 Å². The molecule has 0 aliphatic rings. The van der Waals surface area contributed by atoms with Crippen LogP contribution in [0, 0.1) is 13.8 Å². The number of aryl methyl sites for hydroxylation is 2. The molecule has 0 bridgehead atoms. The van der Waals surface area contributed by atoms with Gasteiger partial charge >= 0.3 is 0 Å². The van der Waals surface area contributed by atoms with Crippen LogP contribution in [0.25, 0.3) is 0 Å². The van der Waals surface area contributed by atoms with Gasteiger partial charge in [-0.05, 0) is 52.0 Å². The predicted octanol–water partition coefficient (Wildman–Crippen LogP) is 3.01. The van der Waals surface area contributed by atoms with E-state index in [9.17, 15) is 4.79 Å². The summed E-state index contributed by atoms with van der Waals surface area (Å²) in [6.07, 6.45) is 0.465. The Bertz CT molecular complexity index is 657. The van der Waals surface area contributed by atoms with Crippen LogP contribution in [0.5, 0.6) is 5.75 Å². The van der Waals surface area contributed by atoms with E-state index in [1.165, 1.54) is 0 Å². The maximum Gasteiger partial charge on any atom is 0.228 e. The van der Waals surface area contributed by atoms with Crippen molar-refractivity contribution in [2.24, 2.45) is 7.05 Å². The Kier molecular flexibility index (Phi) is 4.85. The van der Waals surface area contributed by atoms with Crippen molar-refractivity contribution in [2.45, 2.75) is 40.2 Å². The maximum absolute atomic E-state index is 12.2. The lowest BCUT2D eigenvalue weighted by Crippen LogP contribution is -2.15. The summed E-state index contributed by atoms with van der Waals surface area (Å²) in [6, 6.07) is 7.41. The summed E-state index contributed by atoms with van der Waals surface area (Å²) in [6.45, 7) is 7.86. The molecule has 1 aromatic heterocycles. The summed E-state index contributed by atoms with van der Waals surface area (Å²) >= 11 is 0. The first-order valence-corrected chi connectivity index (χ1v) is 7.42. The highest BCUT2D eigenvalue weighted by atomic mass is 16.5. The number of aromatic nitrogens is 2. The fourth-order valence-corrected chi connectivity index (χ4v) is 2.33. The van der Waals surface area contributed by atoms with Crippen molar-refractivity contribution in [2.75, 3.05) is 5.32 Å². The average Bonchev–Trinajstić information content (AvgIpc) is 2.67. The Balaban J connectivity index is 2.00. The number of ether oxygens (including phenoxy) is 1. The van der Waals surface area contributed by atoms with E-state index in [0.29, 0.717) is 6.42 Å². The van der Waals surface area contributed by atoms with Gasteiger partial charge in [0.2, 0.25) is 5.91 Å². The van der Waals surface area contributed by atoms with Gasteiger partial charge in [-0.15, -0.1) is 0 Å². The molecule has 1 heterocycles. The number of hydrogen-bond acceptors (Lipinski definition) is 3. The second-order valence-corrected chi connectivity index (χ2v) is 5.69. The summed E-state index contributed by atoms with van der Waals surface area (Å²) in [7, 11) is 1.89. The van der Waals surface area contributed by atoms with Crippen molar-refractivity contribution in [1.82, 2.24) is 9.78 Å². The summed E-state index contributed by atoms with van der Waals surface area (Å²) in [5.41, 5.74) is 3.67. The summed E-state index contributed by atoms with van der Waals surface area (Å²) < 4.78 is 7.38. The molecule has 1 aromatic carbocycles. The van der Waals surface area contributed by atoms with Gasteiger partial charge in [0.15, 0.2) is 0 Å². The fourth-order valence-electron chi connectivity index (χ4n) is 2.33. The van der Waals surface area contributed by atoms with Crippen molar-refractivity contribution in [3.8, 4) is 5.75 Å². The quantitative estimate of drug-likeness (QED) is 0.923. The number of nitrogens with zero attached hydrogens (tertiary/aromatic N) is 2. The SMILES string of the molecule is Cc1nn(C)c(C)c1CC(=O)Nc1ccc(OC(C)C)cc1. The van der Waals surface area contributed by atoms with E-state index in [0.717, 1.165) is 28.4 Å². The van der Waals surface area contributed by atoms with Crippen molar-refractivity contribution < 1.29 is 9.53 Å². The zero-order valence-electron chi connectivity index (χ0n) is 13.8. The minimum atomic E-state index is -0.0447. The predicted molar refractivity (Wildman–Crippen MR) is 87.2 cm³/mol. The van der Waals surface area contributed by atoms with Crippen LogP contribution < -0.4 is 10.1 Å². The topological polar surface area (TPSA) is 56.2 Å². The first kappa shape index (κ1) is 16.1. The summed E-state index contributed by atoms with van der Waals surface area (Å²) in [5, 5.41) is 7.23. The molecule has 0 atom stereocenters. The van der Waals surface area contributed by atoms with Crippen molar-refractivity contribution in [1.29, 1.82) is 0 Å². The second kappa shape index (κ2) is 6.64. The molecule has 1 N–H and O–H groups in total. The molecule has 118 valence electrons. The molecule has 5 nitrogen and oxygen atoms in total. The normalized spacial score (nSPS) is 10.8. The number of anilines is 1. The minimum Gasteiger partial charge on any atom is -0.491 e. The zero-order valence-corrected chi connectivity index (χ0v) is 13.8. The highest BCUT2D eigenvalue weighted by Gasteiger charge is 2.13. The lowest BCUT2D eigenvalue weighted by atomic mass is 10.1. The van der Waals surface area contributed by atoms with E-state index in [1.807, 2.05) is 59.0 Å². The van der Waals surface area contributed by atoms with E-state index in [2.05, 4.69) is 10.4 Å². The van der Waals surface area contributed by atoms with Crippen molar-refractivity contribution in [3.63, 3.8) is 0 Å². The molecule has 2 aromatic rings. The van der Waals surface area contributed by atoms with Crippen LogP contribution >= 0.6 is 0 Å². The zero-order chi connectivity index (χ0) is 16.3. The molecular formula is C17H23N3O2. The highest BCUT2D eigenvalue weighted by molar-refractivity contribution is 5.92. The van der Waals surface area contributed by atoms with Gasteiger partial charge in [-0.2, -0.15) is 5.10 Å². The fraction of sp³-hybridized carbons (Fsp3) is 0.412. The smallest absolute Gasteiger partial charge is 0.228 e. The molecule has 22 heavy (non-hydrogen) atoms. The number of amides is 1. The lowest BCUT2D eigenvalue weighted by Gasteiger charge is -2.10. The highest BCUT2D eigenvalue weighted by Crippen LogP contribution is 2.18. The van der Waals surface area contributed by atoms with Crippen molar-refractivity contribution in [3.05, 3.63) is 41.2 Å².